The van der Waals surface area contributed by atoms with Crippen molar-refractivity contribution in [3.05, 3.63) is 187 Å². The molecule has 0 N–H and O–H groups in total. The van der Waals surface area contributed by atoms with E-state index in [4.69, 9.17) is 15.0 Å². The number of hydrogen-bond donors (Lipinski definition) is 0. The number of rotatable bonds is 6. The van der Waals surface area contributed by atoms with Gasteiger partial charge in [0.25, 0.3) is 0 Å². The molecule has 1 aliphatic rings. The smallest absolute Gasteiger partial charge is 0.164 e. The van der Waals surface area contributed by atoms with E-state index in [9.17, 15) is 0 Å². The Labute approximate surface area is 314 Å². The van der Waals surface area contributed by atoms with Gasteiger partial charge >= 0.3 is 0 Å². The van der Waals surface area contributed by atoms with Crippen LogP contribution in [0.2, 0.25) is 0 Å². The molecule has 1 unspecified atom stereocenters. The van der Waals surface area contributed by atoms with E-state index < -0.39 is 0 Å². The zero-order valence-corrected chi connectivity index (χ0v) is 29.9. The zero-order valence-electron chi connectivity index (χ0n) is 29.9. The highest BCUT2D eigenvalue weighted by molar-refractivity contribution is 5.94. The molecule has 1 atom stereocenters. The maximum absolute atomic E-state index is 5.07. The van der Waals surface area contributed by atoms with E-state index in [1.807, 2.05) is 36.4 Å². The summed E-state index contributed by atoms with van der Waals surface area (Å²) < 4.78 is 2.46. The molecule has 0 bridgehead atoms. The molecule has 4 heteroatoms. The normalized spacial score (nSPS) is 13.7. The Morgan fingerprint density at radius 1 is 0.463 bits per heavy atom. The molecule has 0 aliphatic heterocycles. The van der Waals surface area contributed by atoms with E-state index in [2.05, 4.69) is 157 Å². The van der Waals surface area contributed by atoms with Crippen molar-refractivity contribution in [2.45, 2.75) is 19.3 Å². The van der Waals surface area contributed by atoms with Crippen molar-refractivity contribution in [2.75, 3.05) is 0 Å². The predicted octanol–water partition coefficient (Wildman–Crippen LogP) is 12.8. The fraction of sp³-hybridized carbons (Fsp3) is 0.0600. The molecular formula is C50H36N4. The summed E-state index contributed by atoms with van der Waals surface area (Å²) in [7, 11) is 0. The highest BCUT2D eigenvalue weighted by atomic mass is 15.0. The van der Waals surface area contributed by atoms with Crippen LogP contribution in [0.4, 0.5) is 0 Å². The summed E-state index contributed by atoms with van der Waals surface area (Å²) in [6, 6.07) is 59.9. The van der Waals surface area contributed by atoms with Gasteiger partial charge in [-0.25, -0.2) is 15.0 Å². The highest BCUT2D eigenvalue weighted by Crippen LogP contribution is 2.40. The van der Waals surface area contributed by atoms with Crippen LogP contribution in [-0.4, -0.2) is 19.5 Å². The molecule has 2 aromatic heterocycles. The van der Waals surface area contributed by atoms with Crippen molar-refractivity contribution in [2.24, 2.45) is 0 Å². The fourth-order valence-electron chi connectivity index (χ4n) is 7.91. The van der Waals surface area contributed by atoms with Crippen LogP contribution in [0.25, 0.3) is 89.9 Å². The summed E-state index contributed by atoms with van der Waals surface area (Å²) in [6.45, 7) is 2.33. The second kappa shape index (κ2) is 13.3. The van der Waals surface area contributed by atoms with E-state index in [1.165, 1.54) is 44.4 Å². The van der Waals surface area contributed by atoms with Crippen LogP contribution in [-0.2, 0) is 0 Å². The summed E-state index contributed by atoms with van der Waals surface area (Å²) in [6.07, 6.45) is 5.66. The van der Waals surface area contributed by atoms with Crippen molar-refractivity contribution in [3.8, 4) is 62.1 Å². The third-order valence-electron chi connectivity index (χ3n) is 10.6. The van der Waals surface area contributed by atoms with Crippen LogP contribution in [0.3, 0.4) is 0 Å². The van der Waals surface area contributed by atoms with Crippen LogP contribution in [0.1, 0.15) is 30.5 Å². The standard InChI is InChI=1S/C50H36N4/c1-33-12-10-20-45-44-19-8-9-21-46(44)54(47(33)45)43-18-11-17-38(32-43)35-22-24-37(25-23-35)49-51-48(36-15-6-3-7-16-36)52-50(53-49)42-29-28-40-30-39(26-27-41(40)31-42)34-13-4-2-5-14-34/h2-11,13-33H,12H2,1H3. The van der Waals surface area contributed by atoms with Gasteiger partial charge in [-0.3, -0.25) is 0 Å². The Morgan fingerprint density at radius 2 is 0.981 bits per heavy atom. The largest absolute Gasteiger partial charge is 0.313 e. The number of nitrogens with zero attached hydrogens (tertiary/aromatic N) is 4. The number of para-hydroxylation sites is 1. The van der Waals surface area contributed by atoms with E-state index in [1.54, 1.807) is 0 Å². The summed E-state index contributed by atoms with van der Waals surface area (Å²) >= 11 is 0. The first-order valence-electron chi connectivity index (χ1n) is 18.6. The number of aromatic nitrogens is 4. The number of fused-ring (bicyclic) bond motifs is 4. The monoisotopic (exact) mass is 692 g/mol. The summed E-state index contributed by atoms with van der Waals surface area (Å²) in [5, 5.41) is 3.62. The van der Waals surface area contributed by atoms with Crippen LogP contribution in [0.5, 0.6) is 0 Å². The highest BCUT2D eigenvalue weighted by Gasteiger charge is 2.23. The molecule has 256 valence electrons. The lowest BCUT2D eigenvalue weighted by Crippen LogP contribution is -2.07. The Balaban J connectivity index is 1.02. The molecule has 54 heavy (non-hydrogen) atoms. The van der Waals surface area contributed by atoms with Crippen LogP contribution < -0.4 is 0 Å². The first-order chi connectivity index (χ1) is 26.7. The van der Waals surface area contributed by atoms with Crippen molar-refractivity contribution < 1.29 is 0 Å². The molecule has 4 nitrogen and oxygen atoms in total. The summed E-state index contributed by atoms with van der Waals surface area (Å²) in [5.41, 5.74) is 12.7. The quantitative estimate of drug-likeness (QED) is 0.174. The van der Waals surface area contributed by atoms with Crippen LogP contribution in [0.15, 0.2) is 176 Å². The molecule has 0 spiro atoms. The Bertz CT molecular complexity index is 2850. The van der Waals surface area contributed by atoms with E-state index >= 15 is 0 Å². The van der Waals surface area contributed by atoms with E-state index in [0.717, 1.165) is 39.6 Å². The van der Waals surface area contributed by atoms with Crippen molar-refractivity contribution in [1.82, 2.24) is 19.5 Å². The van der Waals surface area contributed by atoms with Gasteiger partial charge in [-0.1, -0.05) is 159 Å². The molecule has 0 saturated heterocycles. The zero-order chi connectivity index (χ0) is 36.0. The van der Waals surface area contributed by atoms with E-state index in [-0.39, 0.29) is 0 Å². The Hall–Kier alpha value is -6.91. The minimum atomic E-state index is 0.438. The molecule has 10 rings (SSSR count). The molecule has 0 saturated carbocycles. The SMILES string of the molecule is CC1CC=Cc2c1n(-c1cccc(-c3ccc(-c4nc(-c5ccccc5)nc(-c5ccc6cc(-c7ccccc7)ccc6c5)n4)cc3)c1)c1ccccc21. The maximum Gasteiger partial charge on any atom is 0.164 e. The third kappa shape index (κ3) is 5.69. The Kier molecular flexibility index (Phi) is 7.80. The molecule has 0 fully saturated rings. The summed E-state index contributed by atoms with van der Waals surface area (Å²) in [5.74, 6) is 2.38. The van der Waals surface area contributed by atoms with Gasteiger partial charge in [0.15, 0.2) is 17.5 Å². The van der Waals surface area contributed by atoms with Gasteiger partial charge in [0.1, 0.15) is 0 Å². The topological polar surface area (TPSA) is 43.6 Å². The second-order valence-corrected chi connectivity index (χ2v) is 14.1. The minimum Gasteiger partial charge on any atom is -0.313 e. The van der Waals surface area contributed by atoms with Crippen LogP contribution >= 0.6 is 0 Å². The molecule has 0 amide bonds. The maximum atomic E-state index is 5.07. The average molecular weight is 693 g/mol. The van der Waals surface area contributed by atoms with Gasteiger partial charge in [0.2, 0.25) is 0 Å². The Morgan fingerprint density at radius 3 is 1.72 bits per heavy atom. The predicted molar refractivity (Wildman–Crippen MR) is 223 cm³/mol. The first-order valence-corrected chi connectivity index (χ1v) is 18.6. The molecule has 1 aliphatic carbocycles. The lowest BCUT2D eigenvalue weighted by atomic mass is 9.93. The molecular weight excluding hydrogens is 657 g/mol. The van der Waals surface area contributed by atoms with Crippen molar-refractivity contribution in [3.63, 3.8) is 0 Å². The second-order valence-electron chi connectivity index (χ2n) is 14.1. The van der Waals surface area contributed by atoms with E-state index in [0.29, 0.717) is 23.4 Å². The third-order valence-corrected chi connectivity index (χ3v) is 10.6. The number of allylic oxidation sites excluding steroid dienone is 1. The average Bonchev–Trinajstić information content (AvgIpc) is 3.59. The van der Waals surface area contributed by atoms with Gasteiger partial charge in [0.05, 0.1) is 5.52 Å². The molecule has 0 radical (unpaired) electrons. The number of hydrogen-bond acceptors (Lipinski definition) is 3. The summed E-state index contributed by atoms with van der Waals surface area (Å²) in [4.78, 5) is 15.1. The fourth-order valence-corrected chi connectivity index (χ4v) is 7.91. The lowest BCUT2D eigenvalue weighted by Gasteiger charge is -2.20. The van der Waals surface area contributed by atoms with Gasteiger partial charge in [-0.05, 0) is 69.8 Å². The van der Waals surface area contributed by atoms with Crippen molar-refractivity contribution in [1.29, 1.82) is 0 Å². The van der Waals surface area contributed by atoms with Gasteiger partial charge in [-0.15, -0.1) is 0 Å². The van der Waals surface area contributed by atoms with Crippen LogP contribution in [0, 0.1) is 0 Å². The molecule has 7 aromatic carbocycles. The molecule has 9 aromatic rings. The molecule has 2 heterocycles. The van der Waals surface area contributed by atoms with Crippen molar-refractivity contribution >= 4 is 27.8 Å². The van der Waals surface area contributed by atoms with Gasteiger partial charge < -0.3 is 4.57 Å². The van der Waals surface area contributed by atoms with Gasteiger partial charge in [0, 0.05) is 44.9 Å². The first kappa shape index (κ1) is 31.8. The lowest BCUT2D eigenvalue weighted by molar-refractivity contribution is 0.723. The van der Waals surface area contributed by atoms with Gasteiger partial charge in [-0.2, -0.15) is 0 Å². The minimum absolute atomic E-state index is 0.438. The number of benzene rings is 7.